The minimum atomic E-state index is 1.75. The Morgan fingerprint density at radius 2 is 0.0645 bits per heavy atom. The minimum absolute atomic E-state index is 1.75. The Balaban J connectivity index is 4.13. The van der Waals surface area contributed by atoms with Crippen molar-refractivity contribution in [1.82, 2.24) is 0 Å². The molecule has 0 aromatic carbocycles. The van der Waals surface area contributed by atoms with Crippen LogP contribution in [-0.4, -0.2) is 0 Å². The third kappa shape index (κ3) is 106. The molecule has 0 aliphatic rings. The molecule has 0 atom stereocenters. The Morgan fingerprint density at radius 3 is 0.0887 bits per heavy atom. The first-order valence-corrected chi connectivity index (χ1v) is 41.1. The second-order valence-corrected chi connectivity index (χ2v) is 23.6. The van der Waals surface area contributed by atoms with Gasteiger partial charge >= 0.3 is 0 Å². The summed E-state index contributed by atoms with van der Waals surface area (Å²) in [4.78, 5) is 0. The zero-order valence-corrected chi connectivity index (χ0v) is 71.9. The molecule has 124 heavy (non-hydrogen) atoms. The second kappa shape index (κ2) is 107. The van der Waals surface area contributed by atoms with Crippen LogP contribution in [0.3, 0.4) is 0 Å². The van der Waals surface area contributed by atoms with E-state index in [9.17, 15) is 0 Å². The van der Waals surface area contributed by atoms with Crippen LogP contribution in [-0.2, 0) is 0 Å². The van der Waals surface area contributed by atoms with E-state index < -0.39 is 0 Å². The van der Waals surface area contributed by atoms with Gasteiger partial charge in [0.2, 0.25) is 0 Å². The summed E-state index contributed by atoms with van der Waals surface area (Å²) in [6, 6.07) is 0. The van der Waals surface area contributed by atoms with Gasteiger partial charge in [-0.05, 0) is 0 Å². The van der Waals surface area contributed by atoms with Crippen molar-refractivity contribution < 1.29 is 0 Å². The predicted octanol–water partition coefficient (Wildman–Crippen LogP) is 34.7. The maximum Gasteiger partial charge on any atom is -0.0623 e. The normalized spacial score (nSPS) is 15.6. The fourth-order valence-electron chi connectivity index (χ4n) is 7.73. The molecule has 0 aliphatic heterocycles. The number of hydrogen-bond acceptors (Lipinski definition) is 0. The van der Waals surface area contributed by atoms with E-state index in [1.165, 1.54) is 0 Å². The van der Waals surface area contributed by atoms with Crippen molar-refractivity contribution in [3.63, 3.8) is 0 Å². The van der Waals surface area contributed by atoms with Gasteiger partial charge in [0.15, 0.2) is 0 Å². The molecule has 622 valence electrons. The van der Waals surface area contributed by atoms with Crippen LogP contribution in [0.5, 0.6) is 0 Å². The summed E-state index contributed by atoms with van der Waals surface area (Å²) >= 11 is 0. The van der Waals surface area contributed by atoms with Gasteiger partial charge < -0.3 is 0 Å². The summed E-state index contributed by atoms with van der Waals surface area (Å²) in [6.07, 6.45) is 243. The minimum Gasteiger partial charge on any atom is -0.0991 e. The van der Waals surface area contributed by atoms with Crippen LogP contribution in [0.15, 0.2) is 754 Å². The largest absolute Gasteiger partial charge is 0.0991 e. The monoisotopic (exact) mass is 1610 g/mol. The zero-order chi connectivity index (χ0) is 88.3. The molecule has 0 heteroatoms. The maximum atomic E-state index is 3.64. The predicted molar refractivity (Wildman–Crippen MR) is 569 cm³/mol. The van der Waals surface area contributed by atoms with Gasteiger partial charge in [-0.15, -0.1) is 0 Å². The molecule has 0 aromatic heterocycles. The van der Waals surface area contributed by atoms with Gasteiger partial charge in [-0.1, -0.05) is 754 Å². The lowest BCUT2D eigenvalue weighted by Gasteiger charge is -1.77. The molecule has 0 unspecified atom stereocenters. The lowest BCUT2D eigenvalue weighted by molar-refractivity contribution is 1.81. The Labute approximate surface area is 749 Å². The molecule has 0 saturated heterocycles. The fourth-order valence-corrected chi connectivity index (χ4v) is 7.73. The van der Waals surface area contributed by atoms with Gasteiger partial charge in [0.25, 0.3) is 0 Å². The van der Waals surface area contributed by atoms with E-state index in [1.54, 1.807) is 12.2 Å². The fraction of sp³-hybridized carbons (Fsp3) is 0. The Hall–Kier alpha value is -16.1. The average molecular weight is 1620 g/mol. The highest BCUT2D eigenvalue weighted by Crippen LogP contribution is 1.98. The summed E-state index contributed by atoms with van der Waals surface area (Å²) in [5.74, 6) is 0. The van der Waals surface area contributed by atoms with Crippen molar-refractivity contribution in [2.24, 2.45) is 0 Å². The van der Waals surface area contributed by atoms with Crippen LogP contribution in [0.4, 0.5) is 0 Å². The van der Waals surface area contributed by atoms with Crippen LogP contribution in [0.25, 0.3) is 0 Å². The molecule has 0 nitrogen and oxygen atoms in total. The highest BCUT2D eigenvalue weighted by molar-refractivity contribution is 5.34. The average Bonchev–Trinajstić information content (AvgIpc) is 1.21. The first-order valence-electron chi connectivity index (χ1n) is 41.1. The van der Waals surface area contributed by atoms with E-state index in [0.29, 0.717) is 0 Å². The van der Waals surface area contributed by atoms with Crippen LogP contribution in [0.2, 0.25) is 0 Å². The Kier molecular flexibility index (Phi) is 93.0. The number of hydrogen-bond donors (Lipinski definition) is 0. The SMILES string of the molecule is C=CC=CC=CC=CC=CC=CC=CC=CC=CC=CC=CC=CC=CC=CC=CC=CC=CC=CC=CC=CC=CC=CC=CC=CC=CC=CC=CC=CC=CC=CC=CC=CC=CC=CC=CC=CC=CC=CC=CC=CC=CC=CC=CC=CC=CC=CC=CC=CC=CC=CC=CC=CC=CC=CC=CC=CC=CC=CC=CC=CC=CC=C. The lowest BCUT2D eigenvalue weighted by atomic mass is 10.3. The molecular formula is C124H126. The van der Waals surface area contributed by atoms with Gasteiger partial charge in [-0.25, -0.2) is 0 Å². The van der Waals surface area contributed by atoms with E-state index in [4.69, 9.17) is 0 Å². The molecule has 0 fully saturated rings. The molecule has 0 rings (SSSR count). The number of allylic oxidation sites excluding steroid dienone is 122. The smallest absolute Gasteiger partial charge is 0.0623 e. The first-order chi connectivity index (χ1) is 61.9. The molecule has 0 amide bonds. The Morgan fingerprint density at radius 1 is 0.0403 bits per heavy atom. The summed E-state index contributed by atoms with van der Waals surface area (Å²) in [7, 11) is 0. The molecular weight excluding hydrogens is 1490 g/mol. The van der Waals surface area contributed by atoms with Gasteiger partial charge in [0.05, 0.1) is 0 Å². The molecule has 0 saturated carbocycles. The summed E-state index contributed by atoms with van der Waals surface area (Å²) in [5, 5.41) is 0. The molecule has 0 aliphatic carbocycles. The van der Waals surface area contributed by atoms with E-state index in [0.717, 1.165) is 0 Å². The maximum absolute atomic E-state index is 3.64. The lowest BCUT2D eigenvalue weighted by Crippen LogP contribution is -1.55. The van der Waals surface area contributed by atoms with Gasteiger partial charge in [0.1, 0.15) is 0 Å². The van der Waals surface area contributed by atoms with Crippen LogP contribution >= 0.6 is 0 Å². The van der Waals surface area contributed by atoms with Crippen molar-refractivity contribution in [2.45, 2.75) is 0 Å². The third-order valence-corrected chi connectivity index (χ3v) is 13.5. The highest BCUT2D eigenvalue weighted by atomic mass is 13.8. The van der Waals surface area contributed by atoms with E-state index in [1.807, 2.05) is 729 Å². The molecule has 0 heterocycles. The van der Waals surface area contributed by atoms with E-state index in [2.05, 4.69) is 13.2 Å². The van der Waals surface area contributed by atoms with Crippen molar-refractivity contribution in [3.05, 3.63) is 754 Å². The highest BCUT2D eigenvalue weighted by Gasteiger charge is 1.76. The molecule has 0 bridgehead atoms. The van der Waals surface area contributed by atoms with Gasteiger partial charge in [0, 0.05) is 0 Å². The summed E-state index contributed by atoms with van der Waals surface area (Å²) in [5.41, 5.74) is 0. The molecule has 0 spiro atoms. The second-order valence-electron chi connectivity index (χ2n) is 23.6. The van der Waals surface area contributed by atoms with Crippen molar-refractivity contribution >= 4 is 0 Å². The van der Waals surface area contributed by atoms with E-state index >= 15 is 0 Å². The van der Waals surface area contributed by atoms with Gasteiger partial charge in [-0.2, -0.15) is 0 Å². The van der Waals surface area contributed by atoms with Crippen LogP contribution < -0.4 is 0 Å². The molecule has 0 N–H and O–H groups in total. The summed E-state index contributed by atoms with van der Waals surface area (Å²) in [6.45, 7) is 7.27. The van der Waals surface area contributed by atoms with E-state index in [-0.39, 0.29) is 0 Å². The first kappa shape index (κ1) is 108. The standard InChI is InChI=1S/C124H126/c1-3-5-7-9-11-13-15-17-19-21-23-25-27-29-31-33-35-37-39-41-43-45-47-49-51-53-55-57-59-61-63-65-67-69-71-73-75-77-79-81-83-85-87-89-91-93-95-97-99-101-103-105-107-109-111-113-115-117-119-121-123-124-122-120-118-116-114-112-110-108-106-104-102-100-98-96-94-92-90-88-86-84-82-80-78-76-74-72-70-68-66-64-62-60-58-56-54-52-50-48-46-44-42-40-38-36-34-32-30-28-26-24-22-20-18-16-14-12-10-8-6-4-2/h3-124H,1-2H2. The zero-order valence-electron chi connectivity index (χ0n) is 71.9. The molecule has 0 aromatic rings. The molecule has 0 radical (unpaired) electrons. The van der Waals surface area contributed by atoms with Crippen LogP contribution in [0, 0.1) is 0 Å². The Bertz CT molecular complexity index is 4300. The quantitative estimate of drug-likeness (QED) is 0.0533. The van der Waals surface area contributed by atoms with Gasteiger partial charge in [-0.3, -0.25) is 0 Å². The topological polar surface area (TPSA) is 0 Å². The van der Waals surface area contributed by atoms with Crippen molar-refractivity contribution in [2.75, 3.05) is 0 Å². The van der Waals surface area contributed by atoms with Crippen molar-refractivity contribution in [3.8, 4) is 0 Å². The summed E-state index contributed by atoms with van der Waals surface area (Å²) < 4.78 is 0. The number of rotatable bonds is 61. The third-order valence-electron chi connectivity index (χ3n) is 13.5. The van der Waals surface area contributed by atoms with Crippen molar-refractivity contribution in [1.29, 1.82) is 0 Å². The van der Waals surface area contributed by atoms with Crippen LogP contribution in [0.1, 0.15) is 0 Å².